The molecule has 0 aromatic carbocycles. The van der Waals surface area contributed by atoms with Crippen LogP contribution in [0.3, 0.4) is 0 Å². The van der Waals surface area contributed by atoms with Crippen molar-refractivity contribution in [3.8, 4) is 17.1 Å². The molecule has 0 saturated heterocycles. The molecule has 0 bridgehead atoms. The second kappa shape index (κ2) is 9.35. The minimum absolute atomic E-state index is 0.158. The highest BCUT2D eigenvalue weighted by molar-refractivity contribution is 5.81. The maximum atomic E-state index is 6.41. The number of methoxy groups -OCH3 is 1. The Morgan fingerprint density at radius 1 is 1.06 bits per heavy atom. The standard InChI is InChI=1S/C25H37N5O/c1-9-18(12-20(26)14(2)3)30-13-16(6)22-24(30)27-17(7)23(29-22)19-10-11-21(15(4)5)28-25(19)31-8/h10-11,13-15,18,20H,9,12,26H2,1-8H3. The number of nitrogens with zero attached hydrogens (tertiary/aromatic N) is 4. The fourth-order valence-corrected chi connectivity index (χ4v) is 3.99. The Kier molecular flexibility index (Phi) is 6.99. The summed E-state index contributed by atoms with van der Waals surface area (Å²) in [6, 6.07) is 4.56. The molecule has 0 spiro atoms. The van der Waals surface area contributed by atoms with Gasteiger partial charge >= 0.3 is 0 Å². The molecule has 168 valence electrons. The average molecular weight is 424 g/mol. The fourth-order valence-electron chi connectivity index (χ4n) is 3.99. The largest absolute Gasteiger partial charge is 0.480 e. The summed E-state index contributed by atoms with van der Waals surface area (Å²) in [6.45, 7) is 14.9. The van der Waals surface area contributed by atoms with Crippen molar-refractivity contribution in [3.63, 3.8) is 0 Å². The summed E-state index contributed by atoms with van der Waals surface area (Å²) in [5.74, 6) is 1.37. The second-order valence-electron chi connectivity index (χ2n) is 9.20. The molecule has 2 N–H and O–H groups in total. The van der Waals surface area contributed by atoms with Gasteiger partial charge in [-0.3, -0.25) is 0 Å². The van der Waals surface area contributed by atoms with Gasteiger partial charge in [0.2, 0.25) is 5.88 Å². The highest BCUT2D eigenvalue weighted by Gasteiger charge is 2.22. The van der Waals surface area contributed by atoms with E-state index in [9.17, 15) is 0 Å². The Balaban J connectivity index is 2.11. The molecule has 2 atom stereocenters. The average Bonchev–Trinajstić information content (AvgIpc) is 3.05. The second-order valence-corrected chi connectivity index (χ2v) is 9.20. The number of ether oxygens (including phenoxy) is 1. The zero-order valence-electron chi connectivity index (χ0n) is 20.2. The van der Waals surface area contributed by atoms with E-state index in [1.54, 1.807) is 7.11 Å². The molecule has 0 amide bonds. The third-order valence-electron chi connectivity index (χ3n) is 6.19. The molecule has 3 heterocycles. The fraction of sp³-hybridized carbons (Fsp3) is 0.560. The molecule has 0 radical (unpaired) electrons. The van der Waals surface area contributed by atoms with Gasteiger partial charge in [-0.1, -0.05) is 34.6 Å². The van der Waals surface area contributed by atoms with E-state index in [-0.39, 0.29) is 6.04 Å². The van der Waals surface area contributed by atoms with Crippen LogP contribution in [0.1, 0.15) is 76.4 Å². The Bertz CT molecular complexity index is 1050. The van der Waals surface area contributed by atoms with Crippen LogP contribution in [0.25, 0.3) is 22.4 Å². The van der Waals surface area contributed by atoms with Gasteiger partial charge < -0.3 is 15.0 Å². The first kappa shape index (κ1) is 23.2. The number of hydrogen-bond donors (Lipinski definition) is 1. The summed E-state index contributed by atoms with van der Waals surface area (Å²) in [4.78, 5) is 14.7. The van der Waals surface area contributed by atoms with E-state index in [4.69, 9.17) is 25.4 Å². The van der Waals surface area contributed by atoms with Crippen LogP contribution in [0.5, 0.6) is 5.88 Å². The van der Waals surface area contributed by atoms with Gasteiger partial charge in [-0.2, -0.15) is 0 Å². The smallest absolute Gasteiger partial charge is 0.222 e. The van der Waals surface area contributed by atoms with Crippen molar-refractivity contribution in [3.05, 3.63) is 35.3 Å². The van der Waals surface area contributed by atoms with Crippen molar-refractivity contribution < 1.29 is 4.74 Å². The third-order valence-corrected chi connectivity index (χ3v) is 6.19. The Morgan fingerprint density at radius 2 is 1.77 bits per heavy atom. The molecule has 31 heavy (non-hydrogen) atoms. The lowest BCUT2D eigenvalue weighted by atomic mass is 9.96. The zero-order chi connectivity index (χ0) is 22.9. The minimum Gasteiger partial charge on any atom is -0.480 e. The Labute approximate surface area is 186 Å². The third kappa shape index (κ3) is 4.59. The van der Waals surface area contributed by atoms with E-state index < -0.39 is 0 Å². The highest BCUT2D eigenvalue weighted by Crippen LogP contribution is 2.34. The predicted molar refractivity (Wildman–Crippen MR) is 128 cm³/mol. The van der Waals surface area contributed by atoms with E-state index in [1.807, 2.05) is 19.1 Å². The van der Waals surface area contributed by atoms with Gasteiger partial charge in [0.05, 0.1) is 24.1 Å². The molecular formula is C25H37N5O. The number of pyridine rings is 1. The normalized spacial score (nSPS) is 13.9. The first-order valence-electron chi connectivity index (χ1n) is 11.3. The van der Waals surface area contributed by atoms with Crippen LogP contribution in [0.2, 0.25) is 0 Å². The van der Waals surface area contributed by atoms with Crippen LogP contribution in [0.15, 0.2) is 18.3 Å². The van der Waals surface area contributed by atoms with Gasteiger partial charge in [0.15, 0.2) is 5.65 Å². The van der Waals surface area contributed by atoms with Crippen LogP contribution < -0.4 is 10.5 Å². The first-order valence-corrected chi connectivity index (χ1v) is 11.3. The maximum Gasteiger partial charge on any atom is 0.222 e. The number of aryl methyl sites for hydroxylation is 2. The van der Waals surface area contributed by atoms with Crippen LogP contribution in [0.4, 0.5) is 0 Å². The number of fused-ring (bicyclic) bond motifs is 1. The van der Waals surface area contributed by atoms with Crippen molar-refractivity contribution in [2.75, 3.05) is 7.11 Å². The van der Waals surface area contributed by atoms with Crippen molar-refractivity contribution in [2.24, 2.45) is 11.7 Å². The summed E-state index contributed by atoms with van der Waals surface area (Å²) in [6.07, 6.45) is 4.10. The van der Waals surface area contributed by atoms with E-state index in [0.29, 0.717) is 23.8 Å². The van der Waals surface area contributed by atoms with Crippen LogP contribution >= 0.6 is 0 Å². The number of rotatable bonds is 8. The Morgan fingerprint density at radius 3 is 2.35 bits per heavy atom. The summed E-state index contributed by atoms with van der Waals surface area (Å²) in [5, 5.41) is 0. The molecule has 2 unspecified atom stereocenters. The number of aromatic nitrogens is 4. The van der Waals surface area contributed by atoms with E-state index in [2.05, 4.69) is 52.3 Å². The van der Waals surface area contributed by atoms with Crippen molar-refractivity contribution >= 4 is 11.2 Å². The van der Waals surface area contributed by atoms with Crippen molar-refractivity contribution in [1.29, 1.82) is 0 Å². The molecule has 0 aliphatic heterocycles. The topological polar surface area (TPSA) is 78.9 Å². The minimum atomic E-state index is 0.158. The summed E-state index contributed by atoms with van der Waals surface area (Å²) < 4.78 is 7.89. The van der Waals surface area contributed by atoms with Crippen molar-refractivity contribution in [1.82, 2.24) is 19.5 Å². The van der Waals surface area contributed by atoms with Crippen molar-refractivity contribution in [2.45, 2.75) is 79.3 Å². The monoisotopic (exact) mass is 423 g/mol. The van der Waals surface area contributed by atoms with Gasteiger partial charge in [0.1, 0.15) is 5.52 Å². The summed E-state index contributed by atoms with van der Waals surface area (Å²) in [7, 11) is 1.66. The molecular weight excluding hydrogens is 386 g/mol. The lowest BCUT2D eigenvalue weighted by molar-refractivity contribution is 0.364. The SMILES string of the molecule is CCC(CC(N)C(C)C)n1cc(C)c2nc(-c3ccc(C(C)C)nc3OC)c(C)nc21. The molecule has 0 fully saturated rings. The zero-order valence-corrected chi connectivity index (χ0v) is 20.2. The van der Waals surface area contributed by atoms with Gasteiger partial charge in [-0.15, -0.1) is 0 Å². The lowest BCUT2D eigenvalue weighted by Gasteiger charge is -2.24. The molecule has 6 nitrogen and oxygen atoms in total. The molecule has 0 aliphatic carbocycles. The van der Waals surface area contributed by atoms with Gasteiger partial charge in [-0.05, 0) is 56.2 Å². The highest BCUT2D eigenvalue weighted by atomic mass is 16.5. The predicted octanol–water partition coefficient (Wildman–Crippen LogP) is 5.57. The van der Waals surface area contributed by atoms with E-state index >= 15 is 0 Å². The van der Waals surface area contributed by atoms with Gasteiger partial charge in [0, 0.05) is 24.0 Å². The quantitative estimate of drug-likeness (QED) is 0.512. The molecule has 0 aliphatic rings. The first-order chi connectivity index (χ1) is 14.7. The summed E-state index contributed by atoms with van der Waals surface area (Å²) >= 11 is 0. The van der Waals surface area contributed by atoms with Crippen LogP contribution in [-0.2, 0) is 0 Å². The molecule has 3 aromatic rings. The molecule has 6 heteroatoms. The number of nitrogens with two attached hydrogens (primary N) is 1. The van der Waals surface area contributed by atoms with Crippen LogP contribution in [-0.4, -0.2) is 32.7 Å². The number of hydrogen-bond acceptors (Lipinski definition) is 5. The van der Waals surface area contributed by atoms with E-state index in [0.717, 1.165) is 52.2 Å². The lowest BCUT2D eigenvalue weighted by Crippen LogP contribution is -2.30. The van der Waals surface area contributed by atoms with E-state index in [1.165, 1.54) is 0 Å². The summed E-state index contributed by atoms with van der Waals surface area (Å²) in [5.41, 5.74) is 12.9. The Hall–Kier alpha value is -2.47. The molecule has 3 aromatic heterocycles. The van der Waals surface area contributed by atoms with Gasteiger partial charge in [0.25, 0.3) is 0 Å². The van der Waals surface area contributed by atoms with Crippen LogP contribution in [0, 0.1) is 19.8 Å². The molecule has 3 rings (SSSR count). The molecule has 0 saturated carbocycles. The van der Waals surface area contributed by atoms with Gasteiger partial charge in [-0.25, -0.2) is 15.0 Å². The maximum absolute atomic E-state index is 6.41.